The molecule has 1 fully saturated rings. The van der Waals surface area contributed by atoms with Crippen LogP contribution in [0.25, 0.3) is 10.8 Å². The molecule has 2 aromatic carbocycles. The predicted molar refractivity (Wildman–Crippen MR) is 81.7 cm³/mol. The summed E-state index contributed by atoms with van der Waals surface area (Å²) >= 11 is 0. The summed E-state index contributed by atoms with van der Waals surface area (Å²) in [5.41, 5.74) is 6.62. The minimum Gasteiger partial charge on any atom is -0.334 e. The van der Waals surface area contributed by atoms with E-state index >= 15 is 0 Å². The largest absolute Gasteiger partial charge is 0.334 e. The number of rotatable bonds is 2. The molecule has 2 N–H and O–H groups in total. The van der Waals surface area contributed by atoms with Gasteiger partial charge in [-0.3, -0.25) is 4.79 Å². The zero-order valence-corrected chi connectivity index (χ0v) is 11.6. The molecule has 0 aliphatic carbocycles. The summed E-state index contributed by atoms with van der Waals surface area (Å²) in [7, 11) is 0. The zero-order chi connectivity index (χ0) is 13.9. The number of piperidine rings is 1. The van der Waals surface area contributed by atoms with Crippen LogP contribution < -0.4 is 5.73 Å². The molecule has 1 saturated heterocycles. The van der Waals surface area contributed by atoms with Gasteiger partial charge in [0.2, 0.25) is 0 Å². The predicted octanol–water partition coefficient (Wildman–Crippen LogP) is 2.79. The van der Waals surface area contributed by atoms with Crippen molar-refractivity contribution < 1.29 is 4.79 Å². The Kier molecular flexibility index (Phi) is 3.70. The van der Waals surface area contributed by atoms with Crippen LogP contribution in [0.5, 0.6) is 0 Å². The van der Waals surface area contributed by atoms with E-state index in [1.54, 1.807) is 0 Å². The summed E-state index contributed by atoms with van der Waals surface area (Å²) in [6.07, 6.45) is 3.27. The number of fused-ring (bicyclic) bond motifs is 1. The van der Waals surface area contributed by atoms with Crippen LogP contribution in [0.4, 0.5) is 0 Å². The van der Waals surface area contributed by atoms with E-state index in [2.05, 4.69) is 0 Å². The Bertz CT molecular complexity index is 618. The van der Waals surface area contributed by atoms with E-state index < -0.39 is 0 Å². The van der Waals surface area contributed by atoms with Crippen molar-refractivity contribution in [3.63, 3.8) is 0 Å². The van der Waals surface area contributed by atoms with E-state index in [1.165, 1.54) is 6.42 Å². The third-order valence-corrected chi connectivity index (χ3v) is 4.18. The van der Waals surface area contributed by atoms with Crippen molar-refractivity contribution in [2.45, 2.75) is 25.3 Å². The van der Waals surface area contributed by atoms with Gasteiger partial charge in [-0.15, -0.1) is 0 Å². The van der Waals surface area contributed by atoms with E-state index in [-0.39, 0.29) is 11.9 Å². The van der Waals surface area contributed by atoms with Gasteiger partial charge in [0.1, 0.15) is 0 Å². The number of nitrogens with two attached hydrogens (primary N) is 1. The van der Waals surface area contributed by atoms with Crippen LogP contribution >= 0.6 is 0 Å². The molecule has 3 rings (SSSR count). The molecule has 2 aromatic rings. The molecule has 1 atom stereocenters. The second kappa shape index (κ2) is 5.63. The van der Waals surface area contributed by atoms with Gasteiger partial charge in [-0.2, -0.15) is 0 Å². The fraction of sp³-hybridized carbons (Fsp3) is 0.353. The first kappa shape index (κ1) is 13.1. The van der Waals surface area contributed by atoms with Crippen molar-refractivity contribution in [3.05, 3.63) is 48.0 Å². The lowest BCUT2D eigenvalue weighted by atomic mass is 9.98. The van der Waals surface area contributed by atoms with Gasteiger partial charge in [-0.05, 0) is 36.1 Å². The molecule has 1 unspecified atom stereocenters. The number of benzene rings is 2. The van der Waals surface area contributed by atoms with Gasteiger partial charge in [-0.25, -0.2) is 0 Å². The summed E-state index contributed by atoms with van der Waals surface area (Å²) in [6, 6.07) is 14.2. The molecule has 0 radical (unpaired) electrons. The van der Waals surface area contributed by atoms with Crippen molar-refractivity contribution in [2.75, 3.05) is 13.1 Å². The number of carbonyl (C=O) groups excluding carboxylic acids is 1. The quantitative estimate of drug-likeness (QED) is 0.910. The van der Waals surface area contributed by atoms with Gasteiger partial charge in [-0.1, -0.05) is 36.4 Å². The lowest BCUT2D eigenvalue weighted by Gasteiger charge is -2.35. The minimum absolute atomic E-state index is 0.122. The van der Waals surface area contributed by atoms with Gasteiger partial charge < -0.3 is 10.6 Å². The Morgan fingerprint density at radius 1 is 1.15 bits per heavy atom. The first-order valence-corrected chi connectivity index (χ1v) is 7.30. The molecular formula is C17H20N2O. The Labute approximate surface area is 119 Å². The van der Waals surface area contributed by atoms with Gasteiger partial charge in [0.25, 0.3) is 5.91 Å². The molecule has 1 heterocycles. The zero-order valence-electron chi connectivity index (χ0n) is 11.6. The number of nitrogens with zero attached hydrogens (tertiary/aromatic N) is 1. The van der Waals surface area contributed by atoms with Crippen LogP contribution in [0.1, 0.15) is 29.6 Å². The van der Waals surface area contributed by atoms with Crippen molar-refractivity contribution in [1.29, 1.82) is 0 Å². The Hall–Kier alpha value is -1.87. The summed E-state index contributed by atoms with van der Waals surface area (Å²) in [5, 5.41) is 2.14. The third-order valence-electron chi connectivity index (χ3n) is 4.18. The SMILES string of the molecule is NCC1CCCCN1C(=O)c1cccc2ccccc12. The van der Waals surface area contributed by atoms with E-state index in [1.807, 2.05) is 47.4 Å². The van der Waals surface area contributed by atoms with E-state index in [0.717, 1.165) is 35.7 Å². The Morgan fingerprint density at radius 2 is 1.95 bits per heavy atom. The average Bonchev–Trinajstić information content (AvgIpc) is 2.53. The van der Waals surface area contributed by atoms with Gasteiger partial charge in [0, 0.05) is 24.7 Å². The molecule has 104 valence electrons. The van der Waals surface area contributed by atoms with Crippen LogP contribution in [0.15, 0.2) is 42.5 Å². The molecule has 1 amide bonds. The molecule has 0 saturated carbocycles. The number of hydrogen-bond acceptors (Lipinski definition) is 2. The standard InChI is InChI=1S/C17H20N2O/c18-12-14-8-3-4-11-19(14)17(20)16-10-5-7-13-6-1-2-9-15(13)16/h1-2,5-7,9-10,14H,3-4,8,11-12,18H2. The Balaban J connectivity index is 1.99. The van der Waals surface area contributed by atoms with Crippen LogP contribution in [0.3, 0.4) is 0 Å². The maximum atomic E-state index is 12.9. The molecule has 0 bridgehead atoms. The molecule has 3 heteroatoms. The van der Waals surface area contributed by atoms with Gasteiger partial charge in [0.15, 0.2) is 0 Å². The van der Waals surface area contributed by atoms with E-state index in [9.17, 15) is 4.79 Å². The number of likely N-dealkylation sites (tertiary alicyclic amines) is 1. The molecule has 1 aliphatic rings. The molecule has 3 nitrogen and oxygen atoms in total. The lowest BCUT2D eigenvalue weighted by molar-refractivity contribution is 0.0625. The highest BCUT2D eigenvalue weighted by Gasteiger charge is 2.27. The van der Waals surface area contributed by atoms with Crippen molar-refractivity contribution in [3.8, 4) is 0 Å². The maximum Gasteiger partial charge on any atom is 0.254 e. The fourth-order valence-corrected chi connectivity index (χ4v) is 3.08. The van der Waals surface area contributed by atoms with Gasteiger partial charge in [0.05, 0.1) is 0 Å². The summed E-state index contributed by atoms with van der Waals surface area (Å²) in [4.78, 5) is 14.8. The second-order valence-electron chi connectivity index (χ2n) is 5.41. The summed E-state index contributed by atoms with van der Waals surface area (Å²) in [5.74, 6) is 0.122. The average molecular weight is 268 g/mol. The number of hydrogen-bond donors (Lipinski definition) is 1. The normalized spacial score (nSPS) is 19.2. The van der Waals surface area contributed by atoms with E-state index in [4.69, 9.17) is 5.73 Å². The van der Waals surface area contributed by atoms with Crippen LogP contribution in [-0.2, 0) is 0 Å². The van der Waals surface area contributed by atoms with Crippen LogP contribution in [-0.4, -0.2) is 29.9 Å². The summed E-state index contributed by atoms with van der Waals surface area (Å²) in [6.45, 7) is 1.38. The highest BCUT2D eigenvalue weighted by atomic mass is 16.2. The Morgan fingerprint density at radius 3 is 2.80 bits per heavy atom. The summed E-state index contributed by atoms with van der Waals surface area (Å²) < 4.78 is 0. The molecule has 20 heavy (non-hydrogen) atoms. The highest BCUT2D eigenvalue weighted by molar-refractivity contribution is 6.07. The molecular weight excluding hydrogens is 248 g/mol. The van der Waals surface area contributed by atoms with Gasteiger partial charge >= 0.3 is 0 Å². The van der Waals surface area contributed by atoms with E-state index in [0.29, 0.717) is 6.54 Å². The number of carbonyl (C=O) groups is 1. The maximum absolute atomic E-state index is 12.9. The first-order chi connectivity index (χ1) is 9.81. The molecule has 0 spiro atoms. The molecule has 1 aliphatic heterocycles. The monoisotopic (exact) mass is 268 g/mol. The molecule has 0 aromatic heterocycles. The highest BCUT2D eigenvalue weighted by Crippen LogP contribution is 2.24. The van der Waals surface area contributed by atoms with Crippen molar-refractivity contribution in [2.24, 2.45) is 5.73 Å². The smallest absolute Gasteiger partial charge is 0.254 e. The first-order valence-electron chi connectivity index (χ1n) is 7.30. The number of amides is 1. The minimum atomic E-state index is 0.122. The van der Waals surface area contributed by atoms with Crippen LogP contribution in [0, 0.1) is 0 Å². The van der Waals surface area contributed by atoms with Crippen LogP contribution in [0.2, 0.25) is 0 Å². The lowest BCUT2D eigenvalue weighted by Crippen LogP contribution is -2.47. The fourth-order valence-electron chi connectivity index (χ4n) is 3.08. The van der Waals surface area contributed by atoms with Crippen molar-refractivity contribution >= 4 is 16.7 Å². The topological polar surface area (TPSA) is 46.3 Å². The van der Waals surface area contributed by atoms with Crippen molar-refractivity contribution in [1.82, 2.24) is 4.90 Å². The third kappa shape index (κ3) is 2.29. The second-order valence-corrected chi connectivity index (χ2v) is 5.41.